The number of carbonyl (C=O) groups is 3. The van der Waals surface area contributed by atoms with Gasteiger partial charge in [-0.15, -0.1) is 10.2 Å². The summed E-state index contributed by atoms with van der Waals surface area (Å²) in [6, 6.07) is 12.9. The van der Waals surface area contributed by atoms with Crippen molar-refractivity contribution in [2.45, 2.75) is 31.3 Å². The van der Waals surface area contributed by atoms with Crippen molar-refractivity contribution >= 4 is 40.9 Å². The van der Waals surface area contributed by atoms with Crippen molar-refractivity contribution in [2.75, 3.05) is 16.9 Å². The van der Waals surface area contributed by atoms with Crippen LogP contribution in [0.1, 0.15) is 31.1 Å². The number of urea groups is 1. The maximum absolute atomic E-state index is 12.7. The lowest BCUT2D eigenvalue weighted by Crippen LogP contribution is -2.34. The second kappa shape index (κ2) is 9.82. The number of carbonyl (C=O) groups excluding carboxylic acids is 3. The molecule has 3 heterocycles. The normalized spacial score (nSPS) is 16.9. The summed E-state index contributed by atoms with van der Waals surface area (Å²) in [5.74, 6) is 0.958. The molecule has 2 atom stereocenters. The van der Waals surface area contributed by atoms with Gasteiger partial charge in [0.2, 0.25) is 5.91 Å². The summed E-state index contributed by atoms with van der Waals surface area (Å²) in [4.78, 5) is 38.9. The smallest absolute Gasteiger partial charge is 0.329 e. The Hall–Kier alpha value is -3.40. The summed E-state index contributed by atoms with van der Waals surface area (Å²) in [5, 5.41) is 14.2. The van der Waals surface area contributed by atoms with Crippen LogP contribution < -0.4 is 15.5 Å². The van der Waals surface area contributed by atoms with Crippen LogP contribution in [0.25, 0.3) is 5.65 Å². The van der Waals surface area contributed by atoms with Gasteiger partial charge >= 0.3 is 6.03 Å². The van der Waals surface area contributed by atoms with Crippen molar-refractivity contribution in [1.29, 1.82) is 0 Å². The lowest BCUT2D eigenvalue weighted by atomic mass is 10.1. The van der Waals surface area contributed by atoms with Gasteiger partial charge in [-0.1, -0.05) is 24.3 Å². The first-order chi connectivity index (χ1) is 15.6. The maximum atomic E-state index is 12.7. The molecular weight excluding hydrogens is 428 g/mol. The molecule has 0 spiro atoms. The van der Waals surface area contributed by atoms with Crippen LogP contribution in [0, 0.1) is 0 Å². The Bertz CT molecular complexity index is 1120. The number of para-hydroxylation sites is 1. The Morgan fingerprint density at radius 3 is 2.72 bits per heavy atom. The zero-order valence-electron chi connectivity index (χ0n) is 17.6. The average Bonchev–Trinajstić information content (AvgIpc) is 3.36. The van der Waals surface area contributed by atoms with Gasteiger partial charge in [0.05, 0.1) is 11.7 Å². The number of hydrogen-bond acceptors (Lipinski definition) is 6. The molecule has 0 unspecified atom stereocenters. The summed E-state index contributed by atoms with van der Waals surface area (Å²) < 4.78 is 1.86. The highest BCUT2D eigenvalue weighted by atomic mass is 32.2. The zero-order valence-corrected chi connectivity index (χ0v) is 18.4. The van der Waals surface area contributed by atoms with E-state index in [1.165, 1.54) is 0 Å². The minimum atomic E-state index is -0.730. The zero-order chi connectivity index (χ0) is 22.5. The van der Waals surface area contributed by atoms with Crippen LogP contribution in [0.15, 0.2) is 54.7 Å². The van der Waals surface area contributed by atoms with E-state index in [4.69, 9.17) is 0 Å². The van der Waals surface area contributed by atoms with Gasteiger partial charge in [0.1, 0.15) is 6.04 Å². The van der Waals surface area contributed by atoms with Gasteiger partial charge < -0.3 is 10.6 Å². The lowest BCUT2D eigenvalue weighted by Gasteiger charge is -2.17. The molecule has 1 aliphatic rings. The van der Waals surface area contributed by atoms with E-state index in [-0.39, 0.29) is 30.7 Å². The molecule has 166 valence electrons. The van der Waals surface area contributed by atoms with Gasteiger partial charge in [-0.2, -0.15) is 11.8 Å². The van der Waals surface area contributed by atoms with E-state index < -0.39 is 12.1 Å². The first-order valence-electron chi connectivity index (χ1n) is 10.4. The molecule has 10 heteroatoms. The number of hydrogen-bond donors (Lipinski definition) is 2. The first kappa shape index (κ1) is 21.8. The van der Waals surface area contributed by atoms with Gasteiger partial charge in [-0.25, -0.2) is 9.69 Å². The third-order valence-electron chi connectivity index (χ3n) is 5.29. The third kappa shape index (κ3) is 4.59. The Kier molecular flexibility index (Phi) is 6.69. The highest BCUT2D eigenvalue weighted by molar-refractivity contribution is 7.98. The van der Waals surface area contributed by atoms with Crippen LogP contribution in [0.4, 0.5) is 10.5 Å². The van der Waals surface area contributed by atoms with Crippen LogP contribution in [-0.2, 0) is 9.59 Å². The Labute approximate surface area is 189 Å². The number of benzene rings is 1. The number of nitrogens with one attached hydrogen (secondary N) is 2. The van der Waals surface area contributed by atoms with Gasteiger partial charge in [0.15, 0.2) is 11.5 Å². The second-order valence-electron chi connectivity index (χ2n) is 7.44. The highest BCUT2D eigenvalue weighted by Gasteiger charge is 2.39. The first-order valence-corrected chi connectivity index (χ1v) is 11.8. The van der Waals surface area contributed by atoms with Gasteiger partial charge in [-0.3, -0.25) is 14.0 Å². The van der Waals surface area contributed by atoms with Gasteiger partial charge in [0.25, 0.3) is 5.91 Å². The summed E-state index contributed by atoms with van der Waals surface area (Å²) in [6.07, 6.45) is 4.90. The van der Waals surface area contributed by atoms with Crippen LogP contribution in [0.3, 0.4) is 0 Å². The van der Waals surface area contributed by atoms with Crippen molar-refractivity contribution < 1.29 is 14.4 Å². The standard InChI is InChI=1S/C22H24N6O3S/c1-32-14-12-16(20-26-25-18-9-5-6-13-27(18)20)23-19(29)11-10-17-21(30)28(22(31)24-17)15-7-3-2-4-8-15/h2-9,13,16-17H,10-12,14H2,1H3,(H,23,29)(H,24,31)/t16-,17-/m1/s1. The highest BCUT2D eigenvalue weighted by Crippen LogP contribution is 2.22. The van der Waals surface area contributed by atoms with E-state index in [2.05, 4.69) is 20.8 Å². The van der Waals surface area contributed by atoms with Crippen molar-refractivity contribution in [3.05, 3.63) is 60.6 Å². The molecule has 1 fully saturated rings. The molecular formula is C22H24N6O3S. The minimum absolute atomic E-state index is 0.103. The maximum Gasteiger partial charge on any atom is 0.329 e. The van der Waals surface area contributed by atoms with Crippen molar-refractivity contribution in [2.24, 2.45) is 0 Å². The Morgan fingerprint density at radius 2 is 1.94 bits per heavy atom. The largest absolute Gasteiger partial charge is 0.346 e. The van der Waals surface area contributed by atoms with E-state index >= 15 is 0 Å². The number of anilines is 1. The molecule has 2 N–H and O–H groups in total. The molecule has 0 radical (unpaired) electrons. The summed E-state index contributed by atoms with van der Waals surface area (Å²) >= 11 is 1.69. The molecule has 1 saturated heterocycles. The summed E-state index contributed by atoms with van der Waals surface area (Å²) in [7, 11) is 0. The monoisotopic (exact) mass is 452 g/mol. The minimum Gasteiger partial charge on any atom is -0.346 e. The molecule has 9 nitrogen and oxygen atoms in total. The van der Waals surface area contributed by atoms with Gasteiger partial charge in [0, 0.05) is 12.6 Å². The number of rotatable bonds is 9. The molecule has 3 aromatic rings. The van der Waals surface area contributed by atoms with E-state index in [1.54, 1.807) is 36.0 Å². The molecule has 2 aromatic heterocycles. The quantitative estimate of drug-likeness (QED) is 0.483. The number of aromatic nitrogens is 3. The van der Waals surface area contributed by atoms with Crippen LogP contribution in [0.5, 0.6) is 0 Å². The molecule has 0 aliphatic carbocycles. The van der Waals surface area contributed by atoms with E-state index in [0.717, 1.165) is 10.7 Å². The molecule has 0 bridgehead atoms. The van der Waals surface area contributed by atoms with E-state index in [9.17, 15) is 14.4 Å². The molecule has 4 amide bonds. The fraction of sp³-hybridized carbons (Fsp3) is 0.318. The Morgan fingerprint density at radius 1 is 1.16 bits per heavy atom. The van der Waals surface area contributed by atoms with Crippen LogP contribution in [0.2, 0.25) is 0 Å². The fourth-order valence-electron chi connectivity index (χ4n) is 3.69. The topological polar surface area (TPSA) is 109 Å². The number of imide groups is 1. The average molecular weight is 453 g/mol. The van der Waals surface area contributed by atoms with Crippen molar-refractivity contribution in [3.8, 4) is 0 Å². The van der Waals surface area contributed by atoms with Crippen LogP contribution in [-0.4, -0.2) is 50.5 Å². The fourth-order valence-corrected chi connectivity index (χ4v) is 4.16. The molecule has 32 heavy (non-hydrogen) atoms. The molecule has 1 aromatic carbocycles. The predicted octanol–water partition coefficient (Wildman–Crippen LogP) is 2.54. The lowest BCUT2D eigenvalue weighted by molar-refractivity contribution is -0.122. The molecule has 1 aliphatic heterocycles. The van der Waals surface area contributed by atoms with Crippen molar-refractivity contribution in [1.82, 2.24) is 25.2 Å². The third-order valence-corrected chi connectivity index (χ3v) is 5.94. The van der Waals surface area contributed by atoms with E-state index in [1.807, 2.05) is 41.1 Å². The number of amides is 4. The predicted molar refractivity (Wildman–Crippen MR) is 122 cm³/mol. The SMILES string of the molecule is CSCC[C@@H](NC(=O)CC[C@H]1NC(=O)N(c2ccccc2)C1=O)c1nnc2ccccn12. The molecule has 4 rings (SSSR count). The second-order valence-corrected chi connectivity index (χ2v) is 8.42. The number of pyridine rings is 1. The van der Waals surface area contributed by atoms with Gasteiger partial charge in [-0.05, 0) is 49.1 Å². The summed E-state index contributed by atoms with van der Waals surface area (Å²) in [6.45, 7) is 0. The Balaban J connectivity index is 1.39. The molecule has 0 saturated carbocycles. The number of nitrogens with zero attached hydrogens (tertiary/aromatic N) is 4. The number of thioether (sulfide) groups is 1. The van der Waals surface area contributed by atoms with Crippen LogP contribution >= 0.6 is 11.8 Å². The summed E-state index contributed by atoms with van der Waals surface area (Å²) in [5.41, 5.74) is 1.23. The van der Waals surface area contributed by atoms with E-state index in [0.29, 0.717) is 23.6 Å². The van der Waals surface area contributed by atoms with Crippen molar-refractivity contribution in [3.63, 3.8) is 0 Å². The number of fused-ring (bicyclic) bond motifs is 1.